The number of amides is 1. The molecule has 0 aliphatic carbocycles. The summed E-state index contributed by atoms with van der Waals surface area (Å²) in [6.07, 6.45) is 1.03. The highest BCUT2D eigenvalue weighted by Crippen LogP contribution is 2.25. The molecule has 10 heteroatoms. The minimum atomic E-state index is -3.50. The lowest BCUT2D eigenvalue weighted by atomic mass is 10.0. The van der Waals surface area contributed by atoms with E-state index in [9.17, 15) is 22.8 Å². The Hall–Kier alpha value is -3.01. The maximum Gasteiger partial charge on any atom is 0.339 e. The van der Waals surface area contributed by atoms with E-state index >= 15 is 0 Å². The van der Waals surface area contributed by atoms with E-state index in [0.717, 1.165) is 6.26 Å². The lowest BCUT2D eigenvalue weighted by molar-refractivity contribution is -0.119. The van der Waals surface area contributed by atoms with Gasteiger partial charge in [0.2, 0.25) is 5.78 Å². The fourth-order valence-corrected chi connectivity index (χ4v) is 4.12. The SMILES string of the molecule is CS(=O)(=O)c1ccc(Cl)c(NC(=O)COC(=O)c2ccccc2C(=O)c2cccs2)c1. The van der Waals surface area contributed by atoms with Crippen molar-refractivity contribution in [3.8, 4) is 0 Å². The number of sulfone groups is 1. The van der Waals surface area contributed by atoms with E-state index in [2.05, 4.69) is 5.32 Å². The van der Waals surface area contributed by atoms with Crippen molar-refractivity contribution >= 4 is 56.1 Å². The Bertz CT molecular complexity index is 1250. The van der Waals surface area contributed by atoms with Gasteiger partial charge in [-0.05, 0) is 35.7 Å². The highest BCUT2D eigenvalue weighted by atomic mass is 35.5. The molecule has 0 radical (unpaired) electrons. The van der Waals surface area contributed by atoms with Gasteiger partial charge in [-0.3, -0.25) is 9.59 Å². The molecule has 1 aromatic heterocycles. The van der Waals surface area contributed by atoms with Gasteiger partial charge in [-0.15, -0.1) is 11.3 Å². The van der Waals surface area contributed by atoms with Crippen LogP contribution in [-0.2, 0) is 19.4 Å². The van der Waals surface area contributed by atoms with E-state index in [4.69, 9.17) is 16.3 Å². The van der Waals surface area contributed by atoms with E-state index in [1.165, 1.54) is 41.7 Å². The highest BCUT2D eigenvalue weighted by molar-refractivity contribution is 7.90. The number of carbonyl (C=O) groups excluding carboxylic acids is 3. The van der Waals surface area contributed by atoms with Crippen LogP contribution in [0, 0.1) is 0 Å². The number of carbonyl (C=O) groups is 3. The molecule has 2 aromatic carbocycles. The topological polar surface area (TPSA) is 107 Å². The second kappa shape index (κ2) is 9.42. The van der Waals surface area contributed by atoms with Crippen LogP contribution in [0.1, 0.15) is 25.6 Å². The zero-order valence-electron chi connectivity index (χ0n) is 16.1. The van der Waals surface area contributed by atoms with E-state index in [1.54, 1.807) is 29.6 Å². The molecule has 3 aromatic rings. The van der Waals surface area contributed by atoms with Crippen molar-refractivity contribution in [1.82, 2.24) is 0 Å². The van der Waals surface area contributed by atoms with Gasteiger partial charge < -0.3 is 10.1 Å². The maximum atomic E-state index is 12.6. The number of benzene rings is 2. The third-order valence-electron chi connectivity index (χ3n) is 4.11. The Labute approximate surface area is 187 Å². The van der Waals surface area contributed by atoms with Gasteiger partial charge in [0.05, 0.1) is 26.0 Å². The number of hydrogen-bond acceptors (Lipinski definition) is 7. The molecule has 0 bridgehead atoms. The summed E-state index contributed by atoms with van der Waals surface area (Å²) in [5.41, 5.74) is 0.268. The Morgan fingerprint density at radius 1 is 1.03 bits per heavy atom. The normalized spacial score (nSPS) is 11.0. The third kappa shape index (κ3) is 5.57. The molecule has 0 aliphatic rings. The molecule has 7 nitrogen and oxygen atoms in total. The number of nitrogens with one attached hydrogen (secondary N) is 1. The van der Waals surface area contributed by atoms with Gasteiger partial charge in [0.15, 0.2) is 16.4 Å². The molecule has 0 saturated heterocycles. The predicted molar refractivity (Wildman–Crippen MR) is 118 cm³/mol. The molecular formula is C21H16ClNO6S2. The summed E-state index contributed by atoms with van der Waals surface area (Å²) in [5.74, 6) is -1.88. The van der Waals surface area contributed by atoms with E-state index in [0.29, 0.717) is 4.88 Å². The summed E-state index contributed by atoms with van der Waals surface area (Å²) in [6.45, 7) is -0.653. The minimum Gasteiger partial charge on any atom is -0.452 e. The van der Waals surface area contributed by atoms with Gasteiger partial charge in [0, 0.05) is 11.8 Å². The third-order valence-corrected chi connectivity index (χ3v) is 6.42. The highest BCUT2D eigenvalue weighted by Gasteiger charge is 2.21. The summed E-state index contributed by atoms with van der Waals surface area (Å²) in [4.78, 5) is 37.8. The van der Waals surface area contributed by atoms with Crippen molar-refractivity contribution in [2.45, 2.75) is 4.90 Å². The predicted octanol–water partition coefficient (Wildman–Crippen LogP) is 3.83. The molecule has 0 aliphatic heterocycles. The number of hydrogen-bond donors (Lipinski definition) is 1. The largest absolute Gasteiger partial charge is 0.452 e. The summed E-state index contributed by atoms with van der Waals surface area (Å²) in [6, 6.07) is 13.4. The van der Waals surface area contributed by atoms with Gasteiger partial charge >= 0.3 is 5.97 Å². The zero-order chi connectivity index (χ0) is 22.6. The lowest BCUT2D eigenvalue weighted by Crippen LogP contribution is -2.22. The Balaban J connectivity index is 1.70. The van der Waals surface area contributed by atoms with Crippen molar-refractivity contribution in [1.29, 1.82) is 0 Å². The Morgan fingerprint density at radius 3 is 2.39 bits per heavy atom. The van der Waals surface area contributed by atoms with Crippen LogP contribution in [0.4, 0.5) is 5.69 Å². The molecule has 3 rings (SSSR count). The van der Waals surface area contributed by atoms with Crippen LogP contribution in [0.2, 0.25) is 5.02 Å². The molecule has 0 saturated carbocycles. The minimum absolute atomic E-state index is 0.0230. The Kier molecular flexibility index (Phi) is 6.89. The monoisotopic (exact) mass is 477 g/mol. The van der Waals surface area contributed by atoms with Crippen LogP contribution in [0.15, 0.2) is 64.9 Å². The molecule has 0 atom stereocenters. The summed E-state index contributed by atoms with van der Waals surface area (Å²) >= 11 is 7.25. The number of esters is 1. The first-order valence-electron chi connectivity index (χ1n) is 8.80. The maximum absolute atomic E-state index is 12.6. The second-order valence-electron chi connectivity index (χ2n) is 6.39. The van der Waals surface area contributed by atoms with Gasteiger partial charge in [-0.2, -0.15) is 0 Å². The van der Waals surface area contributed by atoms with Crippen molar-refractivity contribution < 1.29 is 27.5 Å². The van der Waals surface area contributed by atoms with E-state index < -0.39 is 28.3 Å². The number of ether oxygens (including phenoxy) is 1. The average Bonchev–Trinajstić information content (AvgIpc) is 3.27. The second-order valence-corrected chi connectivity index (χ2v) is 9.76. The Morgan fingerprint density at radius 2 is 1.74 bits per heavy atom. The number of rotatable bonds is 7. The molecule has 1 heterocycles. The van der Waals surface area contributed by atoms with Crippen molar-refractivity contribution in [2.75, 3.05) is 18.2 Å². The van der Waals surface area contributed by atoms with Gasteiger partial charge in [-0.1, -0.05) is 35.9 Å². The molecule has 1 N–H and O–H groups in total. The number of anilines is 1. The van der Waals surface area contributed by atoms with Crippen molar-refractivity contribution in [3.05, 3.63) is 81.0 Å². The number of halogens is 1. The fourth-order valence-electron chi connectivity index (χ4n) is 2.63. The lowest BCUT2D eigenvalue weighted by Gasteiger charge is -2.11. The van der Waals surface area contributed by atoms with Gasteiger partial charge in [-0.25, -0.2) is 13.2 Å². The van der Waals surface area contributed by atoms with Crippen molar-refractivity contribution in [2.24, 2.45) is 0 Å². The first kappa shape index (κ1) is 22.7. The summed E-state index contributed by atoms with van der Waals surface area (Å²) in [7, 11) is -3.50. The van der Waals surface area contributed by atoms with Crippen LogP contribution in [0.3, 0.4) is 0 Å². The van der Waals surface area contributed by atoms with Crippen LogP contribution in [-0.4, -0.2) is 38.9 Å². The van der Waals surface area contributed by atoms with Crippen LogP contribution < -0.4 is 5.32 Å². The first-order valence-corrected chi connectivity index (χ1v) is 12.0. The van der Waals surface area contributed by atoms with Crippen LogP contribution >= 0.6 is 22.9 Å². The molecule has 0 spiro atoms. The number of thiophene rings is 1. The van der Waals surface area contributed by atoms with Crippen LogP contribution in [0.5, 0.6) is 0 Å². The molecule has 0 fully saturated rings. The molecule has 0 unspecified atom stereocenters. The summed E-state index contributed by atoms with van der Waals surface area (Å²) in [5, 5.41) is 4.29. The van der Waals surface area contributed by atoms with Crippen molar-refractivity contribution in [3.63, 3.8) is 0 Å². The van der Waals surface area contributed by atoms with E-state index in [1.807, 2.05) is 0 Å². The standard InChI is InChI=1S/C21H16ClNO6S2/c1-31(27,28)13-8-9-16(22)17(11-13)23-19(24)12-29-21(26)15-6-3-2-5-14(15)20(25)18-7-4-10-30-18/h2-11H,12H2,1H3,(H,23,24). The zero-order valence-corrected chi connectivity index (χ0v) is 18.5. The van der Waals surface area contributed by atoms with Gasteiger partial charge in [0.25, 0.3) is 5.91 Å². The quantitative estimate of drug-likeness (QED) is 0.409. The molecule has 1 amide bonds. The fraction of sp³-hybridized carbons (Fsp3) is 0.0952. The first-order chi connectivity index (χ1) is 14.7. The molecule has 160 valence electrons. The molecule has 31 heavy (non-hydrogen) atoms. The van der Waals surface area contributed by atoms with Gasteiger partial charge in [0.1, 0.15) is 0 Å². The molecular weight excluding hydrogens is 462 g/mol. The average molecular weight is 478 g/mol. The number of ketones is 1. The van der Waals surface area contributed by atoms with Crippen LogP contribution in [0.25, 0.3) is 0 Å². The summed E-state index contributed by atoms with van der Waals surface area (Å²) < 4.78 is 28.4. The van der Waals surface area contributed by atoms with E-state index in [-0.39, 0.29) is 32.5 Å². The smallest absolute Gasteiger partial charge is 0.339 e.